The predicted molar refractivity (Wildman–Crippen MR) is 134 cm³/mol. The highest BCUT2D eigenvalue weighted by Gasteiger charge is 2.32. The molecule has 1 aromatic carbocycles. The molecular weight excluding hydrogens is 422 g/mol. The van der Waals surface area contributed by atoms with E-state index in [1.807, 2.05) is 35.4 Å². The average Bonchev–Trinajstić information content (AvgIpc) is 3.60. The molecule has 172 valence electrons. The largest absolute Gasteiger partial charge is 0.342 e. The quantitative estimate of drug-likeness (QED) is 0.548. The van der Waals surface area contributed by atoms with Crippen LogP contribution in [0.4, 0.5) is 0 Å². The number of carbonyl (C=O) groups is 2. The molecule has 3 aliphatic rings. The second kappa shape index (κ2) is 8.39. The van der Waals surface area contributed by atoms with Crippen molar-refractivity contribution in [2.24, 2.45) is 5.92 Å². The molecule has 0 N–H and O–H groups in total. The van der Waals surface area contributed by atoms with Gasteiger partial charge in [0, 0.05) is 61.3 Å². The highest BCUT2D eigenvalue weighted by atomic mass is 16.2. The second-order valence-electron chi connectivity index (χ2n) is 9.83. The zero-order valence-corrected chi connectivity index (χ0v) is 19.5. The van der Waals surface area contributed by atoms with Gasteiger partial charge in [0.1, 0.15) is 0 Å². The third-order valence-electron chi connectivity index (χ3n) is 7.80. The molecule has 2 aliphatic carbocycles. The minimum atomic E-state index is 0.0754. The van der Waals surface area contributed by atoms with Crippen LogP contribution in [0.3, 0.4) is 0 Å². The molecule has 1 amide bonds. The molecule has 3 aromatic rings. The van der Waals surface area contributed by atoms with Crippen molar-refractivity contribution in [3.8, 4) is 0 Å². The van der Waals surface area contributed by atoms with Crippen molar-refractivity contribution in [2.75, 3.05) is 13.1 Å². The molecule has 34 heavy (non-hydrogen) atoms. The molecule has 2 aromatic heterocycles. The summed E-state index contributed by atoms with van der Waals surface area (Å²) in [6, 6.07) is 10.4. The molecule has 1 aliphatic heterocycles. The van der Waals surface area contributed by atoms with Crippen LogP contribution in [0.5, 0.6) is 0 Å². The van der Waals surface area contributed by atoms with Crippen LogP contribution >= 0.6 is 0 Å². The first kappa shape index (κ1) is 21.1. The number of carbonyl (C=O) groups excluding carboxylic acids is 2. The first-order chi connectivity index (χ1) is 16.6. The van der Waals surface area contributed by atoms with Gasteiger partial charge in [0.2, 0.25) is 5.91 Å². The van der Waals surface area contributed by atoms with Crippen LogP contribution in [-0.2, 0) is 22.4 Å². The van der Waals surface area contributed by atoms with Crippen molar-refractivity contribution >= 4 is 34.2 Å². The number of amides is 1. The molecule has 2 atom stereocenters. The first-order valence-electron chi connectivity index (χ1n) is 12.3. The number of pyridine rings is 1. The minimum Gasteiger partial charge on any atom is -0.342 e. The summed E-state index contributed by atoms with van der Waals surface area (Å²) in [4.78, 5) is 32.6. The van der Waals surface area contributed by atoms with Gasteiger partial charge in [-0.15, -0.1) is 0 Å². The third-order valence-corrected chi connectivity index (χ3v) is 7.80. The van der Waals surface area contributed by atoms with Gasteiger partial charge in [-0.05, 0) is 36.0 Å². The van der Waals surface area contributed by atoms with Gasteiger partial charge in [0.15, 0.2) is 5.78 Å². The smallest absolute Gasteiger partial charge is 0.223 e. The Morgan fingerprint density at radius 2 is 2.00 bits per heavy atom. The summed E-state index contributed by atoms with van der Waals surface area (Å²) in [6.07, 6.45) is 13.7. The van der Waals surface area contributed by atoms with Gasteiger partial charge in [-0.1, -0.05) is 49.4 Å². The highest BCUT2D eigenvalue weighted by molar-refractivity contribution is 6.22. The SMILES string of the molecule is C[C@@H]1CCN(C(=O)CCC(=O)C2=CCc3ccccc32)C[C@@H]1n1ccc2cnc3c(c21)C=CC3. The monoisotopic (exact) mass is 451 g/mol. The molecule has 0 unspecified atom stereocenters. The summed E-state index contributed by atoms with van der Waals surface area (Å²) in [5.41, 5.74) is 6.58. The Kier molecular flexibility index (Phi) is 5.20. The van der Waals surface area contributed by atoms with Crippen molar-refractivity contribution in [2.45, 2.75) is 45.1 Å². The summed E-state index contributed by atoms with van der Waals surface area (Å²) in [6.45, 7) is 3.72. The maximum atomic E-state index is 13.2. The fourth-order valence-electron chi connectivity index (χ4n) is 5.82. The Labute approximate surface area is 199 Å². The van der Waals surface area contributed by atoms with Gasteiger partial charge in [-0.25, -0.2) is 0 Å². The van der Waals surface area contributed by atoms with E-state index in [-0.39, 0.29) is 30.6 Å². The number of piperidine rings is 1. The molecule has 1 fully saturated rings. The van der Waals surface area contributed by atoms with E-state index in [4.69, 9.17) is 0 Å². The lowest BCUT2D eigenvalue weighted by Crippen LogP contribution is -2.44. The summed E-state index contributed by atoms with van der Waals surface area (Å²) in [5, 5.41) is 1.15. The van der Waals surface area contributed by atoms with Crippen LogP contribution in [0, 0.1) is 5.92 Å². The van der Waals surface area contributed by atoms with Crippen molar-refractivity contribution in [1.82, 2.24) is 14.5 Å². The molecule has 6 rings (SSSR count). The zero-order chi connectivity index (χ0) is 23.2. The summed E-state index contributed by atoms with van der Waals surface area (Å²) in [5.74, 6) is 0.627. The number of allylic oxidation sites excluding steroid dienone is 3. The lowest BCUT2D eigenvalue weighted by Gasteiger charge is -2.38. The fraction of sp³-hybridized carbons (Fsp3) is 0.345. The van der Waals surface area contributed by atoms with Gasteiger partial charge < -0.3 is 9.47 Å². The number of hydrogen-bond acceptors (Lipinski definition) is 3. The predicted octanol–water partition coefficient (Wildman–Crippen LogP) is 5.00. The topological polar surface area (TPSA) is 55.2 Å². The molecule has 0 bridgehead atoms. The van der Waals surface area contributed by atoms with E-state index in [9.17, 15) is 9.59 Å². The number of rotatable bonds is 5. The standard InChI is InChI=1S/C29H29N3O2/c1-19-13-15-31(28(34)12-11-27(33)23-10-9-20-5-2-3-6-22(20)23)18-26(19)32-16-14-21-17-30-25-8-4-7-24(25)29(21)32/h2-7,10,14,16-17,19,26H,8-9,11-13,15,18H2,1H3/t19-,26+/m1/s1. The third kappa shape index (κ3) is 3.51. The number of fused-ring (bicyclic) bond motifs is 4. The van der Waals surface area contributed by atoms with Gasteiger partial charge in [-0.2, -0.15) is 0 Å². The molecule has 5 heteroatoms. The highest BCUT2D eigenvalue weighted by Crippen LogP contribution is 2.35. The number of ketones is 1. The lowest BCUT2D eigenvalue weighted by molar-refractivity contribution is -0.134. The van der Waals surface area contributed by atoms with E-state index in [0.29, 0.717) is 12.5 Å². The van der Waals surface area contributed by atoms with Crippen LogP contribution < -0.4 is 0 Å². The van der Waals surface area contributed by atoms with E-state index >= 15 is 0 Å². The van der Waals surface area contributed by atoms with E-state index in [0.717, 1.165) is 48.0 Å². The molecule has 3 heterocycles. The van der Waals surface area contributed by atoms with E-state index in [1.54, 1.807) is 0 Å². The van der Waals surface area contributed by atoms with Crippen molar-refractivity contribution in [3.05, 3.63) is 77.3 Å². The lowest BCUT2D eigenvalue weighted by atomic mass is 9.92. The van der Waals surface area contributed by atoms with Crippen molar-refractivity contribution in [1.29, 1.82) is 0 Å². The van der Waals surface area contributed by atoms with Crippen molar-refractivity contribution in [3.63, 3.8) is 0 Å². The van der Waals surface area contributed by atoms with Crippen LogP contribution in [-0.4, -0.2) is 39.2 Å². The van der Waals surface area contributed by atoms with Gasteiger partial charge >= 0.3 is 0 Å². The van der Waals surface area contributed by atoms with Crippen LogP contribution in [0.1, 0.15) is 54.6 Å². The summed E-state index contributed by atoms with van der Waals surface area (Å²) in [7, 11) is 0. The zero-order valence-electron chi connectivity index (χ0n) is 19.5. The molecule has 0 spiro atoms. The van der Waals surface area contributed by atoms with Crippen molar-refractivity contribution < 1.29 is 9.59 Å². The number of aromatic nitrogens is 2. The molecule has 0 saturated carbocycles. The Bertz CT molecular complexity index is 1360. The second-order valence-corrected chi connectivity index (χ2v) is 9.83. The normalized spacial score (nSPS) is 21.0. The molecule has 1 saturated heterocycles. The Morgan fingerprint density at radius 3 is 2.91 bits per heavy atom. The number of Topliss-reactive ketones (excluding diaryl/α,β-unsaturated/α-hetero) is 1. The molecule has 5 nitrogen and oxygen atoms in total. The number of nitrogens with zero attached hydrogens (tertiary/aromatic N) is 3. The maximum Gasteiger partial charge on any atom is 0.223 e. The molecular formula is C29H29N3O2. The van der Waals surface area contributed by atoms with E-state index in [1.165, 1.54) is 16.6 Å². The minimum absolute atomic E-state index is 0.0754. The van der Waals surface area contributed by atoms with E-state index in [2.05, 4.69) is 47.0 Å². The Hall–Kier alpha value is -3.47. The Balaban J connectivity index is 1.16. The average molecular weight is 452 g/mol. The Morgan fingerprint density at radius 1 is 1.12 bits per heavy atom. The van der Waals surface area contributed by atoms with Gasteiger partial charge in [-0.3, -0.25) is 14.6 Å². The van der Waals surface area contributed by atoms with E-state index < -0.39 is 0 Å². The molecule has 0 radical (unpaired) electrons. The van der Waals surface area contributed by atoms with Crippen LogP contribution in [0.2, 0.25) is 0 Å². The number of hydrogen-bond donors (Lipinski definition) is 0. The fourth-order valence-corrected chi connectivity index (χ4v) is 5.82. The van der Waals surface area contributed by atoms with Crippen LogP contribution in [0.15, 0.2) is 54.9 Å². The maximum absolute atomic E-state index is 13.2. The van der Waals surface area contributed by atoms with Gasteiger partial charge in [0.05, 0.1) is 17.3 Å². The summed E-state index contributed by atoms with van der Waals surface area (Å²) >= 11 is 0. The van der Waals surface area contributed by atoms with Crippen LogP contribution in [0.25, 0.3) is 22.6 Å². The first-order valence-corrected chi connectivity index (χ1v) is 12.3. The number of likely N-dealkylation sites (tertiary alicyclic amines) is 1. The van der Waals surface area contributed by atoms with Gasteiger partial charge in [0.25, 0.3) is 0 Å². The number of benzene rings is 1. The summed E-state index contributed by atoms with van der Waals surface area (Å²) < 4.78 is 2.36.